The summed E-state index contributed by atoms with van der Waals surface area (Å²) in [5.41, 5.74) is 2.68. The molecule has 0 aliphatic carbocycles. The lowest BCUT2D eigenvalue weighted by Gasteiger charge is -2.40. The molecule has 2 aliphatic heterocycles. The molecule has 2 aliphatic rings. The highest BCUT2D eigenvalue weighted by Crippen LogP contribution is 2.28. The zero-order chi connectivity index (χ0) is 25.8. The topological polar surface area (TPSA) is 91.0 Å². The van der Waals surface area contributed by atoms with E-state index in [0.29, 0.717) is 25.9 Å². The number of rotatable bonds is 6. The first-order valence-electron chi connectivity index (χ1n) is 12.1. The van der Waals surface area contributed by atoms with Gasteiger partial charge in [0.05, 0.1) is 6.61 Å². The van der Waals surface area contributed by atoms with E-state index in [1.807, 2.05) is 42.5 Å². The summed E-state index contributed by atoms with van der Waals surface area (Å²) in [5.74, 6) is -0.523. The first-order valence-corrected chi connectivity index (χ1v) is 13.1. The molecule has 0 aromatic heterocycles. The van der Waals surface area contributed by atoms with Crippen LogP contribution in [-0.4, -0.2) is 59.6 Å². The van der Waals surface area contributed by atoms with Crippen molar-refractivity contribution in [1.29, 1.82) is 0 Å². The number of carbonyl (C=O) groups is 3. The molecule has 8 nitrogen and oxygen atoms in total. The number of urea groups is 2. The Kier molecular flexibility index (Phi) is 7.88. The monoisotopic (exact) mass is 607 g/mol. The molecule has 4 rings (SSSR count). The van der Waals surface area contributed by atoms with Gasteiger partial charge in [-0.2, -0.15) is 0 Å². The van der Waals surface area contributed by atoms with Crippen LogP contribution in [0.25, 0.3) is 0 Å². The van der Waals surface area contributed by atoms with E-state index in [9.17, 15) is 14.4 Å². The Bertz CT molecular complexity index is 1150. The number of anilines is 1. The number of nitrogens with one attached hydrogen (secondary N) is 2. The van der Waals surface area contributed by atoms with Crippen LogP contribution < -0.4 is 10.6 Å². The molecule has 2 aromatic rings. The quantitative estimate of drug-likeness (QED) is 0.456. The number of amides is 4. The van der Waals surface area contributed by atoms with Crippen molar-refractivity contribution in [3.63, 3.8) is 0 Å². The molecule has 35 heavy (non-hydrogen) atoms. The van der Waals surface area contributed by atoms with Gasteiger partial charge in [0.25, 0.3) is 0 Å². The Hall–Kier alpha value is -2.59. The van der Waals surface area contributed by atoms with Crippen LogP contribution in [0, 0.1) is 0 Å². The molecule has 0 saturated carbocycles. The Morgan fingerprint density at radius 2 is 2.03 bits per heavy atom. The molecule has 1 fully saturated rings. The third-order valence-electron chi connectivity index (χ3n) is 6.16. The minimum Gasteiger partial charge on any atom is -0.464 e. The van der Waals surface area contributed by atoms with E-state index in [1.54, 1.807) is 11.8 Å². The lowest BCUT2D eigenvalue weighted by molar-refractivity contribution is -0.145. The fourth-order valence-corrected chi connectivity index (χ4v) is 4.97. The zero-order valence-electron chi connectivity index (χ0n) is 20.3. The van der Waals surface area contributed by atoms with Crippen LogP contribution in [0.15, 0.2) is 51.4 Å². The summed E-state index contributed by atoms with van der Waals surface area (Å²) in [5, 5.41) is 5.69. The van der Waals surface area contributed by atoms with Gasteiger partial charge >= 0.3 is 18.0 Å². The van der Waals surface area contributed by atoms with E-state index in [1.165, 1.54) is 4.90 Å². The Morgan fingerprint density at radius 1 is 1.23 bits per heavy atom. The van der Waals surface area contributed by atoms with Crippen LogP contribution in [0.4, 0.5) is 15.3 Å². The normalized spacial score (nSPS) is 20.9. The molecular formula is C25H28Br2N4O4. The first kappa shape index (κ1) is 24.1. The minimum atomic E-state index is -0.889. The van der Waals surface area contributed by atoms with Gasteiger partial charge in [-0.3, -0.25) is 0 Å². The fraction of sp³-hybridized carbons (Fsp3) is 0.400. The molecule has 1 saturated heterocycles. The largest absolute Gasteiger partial charge is 0.464 e. The minimum absolute atomic E-state index is 0.161. The van der Waals surface area contributed by atoms with Crippen LogP contribution in [-0.2, 0) is 22.5 Å². The number of hydrogen-bond acceptors (Lipinski definition) is 4. The highest BCUT2D eigenvalue weighted by Gasteiger charge is 2.33. The van der Waals surface area contributed by atoms with Crippen LogP contribution in [0.3, 0.4) is 0 Å². The standard InChI is InChI=1S/C25H28Br2N4O4/c1-2-35-23(32)22(14-16-7-8-19(26)20(27)13-16)29-24(33)30-11-9-18(10-12-30)31-15-17-5-3-4-6-21(17)28-25(31)34/h3-8,13,18,22H,2,9-12,14-15H2,1H3,(H,28,34)(H,29,33)/t22-/m0/s1/i11D/t11?,18?,22-. The summed E-state index contributed by atoms with van der Waals surface area (Å²) in [6, 6.07) is 11.5. The molecule has 2 heterocycles. The van der Waals surface area contributed by atoms with E-state index in [0.717, 1.165) is 25.8 Å². The number of carbonyl (C=O) groups excluding carboxylic acids is 3. The molecule has 3 atom stereocenters. The average Bonchev–Trinajstić information content (AvgIpc) is 2.85. The predicted molar refractivity (Wildman–Crippen MR) is 140 cm³/mol. The number of para-hydroxylation sites is 1. The van der Waals surface area contributed by atoms with E-state index >= 15 is 0 Å². The van der Waals surface area contributed by atoms with Crippen LogP contribution in [0.1, 0.15) is 32.3 Å². The molecule has 10 heteroatoms. The van der Waals surface area contributed by atoms with Gasteiger partial charge in [-0.25, -0.2) is 14.4 Å². The van der Waals surface area contributed by atoms with Crippen molar-refractivity contribution in [2.45, 2.75) is 44.8 Å². The SMILES string of the molecule is [2H]C1CC(N2Cc3ccccc3NC2=O)CCN1C(=O)N[C@@H](Cc1ccc(Br)c(Br)c1)C(=O)OCC. The van der Waals surface area contributed by atoms with E-state index in [-0.39, 0.29) is 25.1 Å². The van der Waals surface area contributed by atoms with Gasteiger partial charge < -0.3 is 25.2 Å². The molecule has 186 valence electrons. The molecule has 2 N–H and O–H groups in total. The molecule has 0 spiro atoms. The van der Waals surface area contributed by atoms with E-state index in [2.05, 4.69) is 42.5 Å². The number of hydrogen-bond donors (Lipinski definition) is 2. The maximum Gasteiger partial charge on any atom is 0.329 e. The van der Waals surface area contributed by atoms with Crippen molar-refractivity contribution >= 4 is 55.6 Å². The van der Waals surface area contributed by atoms with Crippen molar-refractivity contribution in [3.8, 4) is 0 Å². The maximum absolute atomic E-state index is 13.1. The van der Waals surface area contributed by atoms with Crippen LogP contribution >= 0.6 is 31.9 Å². The number of nitrogens with zero attached hydrogens (tertiary/aromatic N) is 2. The Labute approximate surface area is 223 Å². The number of likely N-dealkylation sites (tertiary alicyclic amines) is 1. The predicted octanol–water partition coefficient (Wildman–Crippen LogP) is 4.91. The number of benzene rings is 2. The number of halogens is 2. The summed E-state index contributed by atoms with van der Waals surface area (Å²) in [4.78, 5) is 41.6. The van der Waals surface area contributed by atoms with Gasteiger partial charge in [0, 0.05) is 48.1 Å². The Balaban J connectivity index is 1.40. The lowest BCUT2D eigenvalue weighted by atomic mass is 10.0. The van der Waals surface area contributed by atoms with Crippen LogP contribution in [0.5, 0.6) is 0 Å². The molecule has 2 unspecified atom stereocenters. The second-order valence-electron chi connectivity index (χ2n) is 8.48. The van der Waals surface area contributed by atoms with Gasteiger partial charge in [-0.1, -0.05) is 24.3 Å². The van der Waals surface area contributed by atoms with Gasteiger partial charge in [-0.05, 0) is 81.0 Å². The van der Waals surface area contributed by atoms with Crippen molar-refractivity contribution < 1.29 is 20.5 Å². The summed E-state index contributed by atoms with van der Waals surface area (Å²) < 4.78 is 15.5. The van der Waals surface area contributed by atoms with Crippen molar-refractivity contribution in [3.05, 3.63) is 62.5 Å². The van der Waals surface area contributed by atoms with E-state index in [4.69, 9.17) is 6.11 Å². The number of esters is 1. The van der Waals surface area contributed by atoms with Gasteiger partial charge in [0.2, 0.25) is 0 Å². The molecule has 2 aromatic carbocycles. The Morgan fingerprint density at radius 3 is 2.77 bits per heavy atom. The lowest BCUT2D eigenvalue weighted by Crippen LogP contribution is -2.55. The third kappa shape index (κ3) is 6.16. The highest BCUT2D eigenvalue weighted by molar-refractivity contribution is 9.13. The van der Waals surface area contributed by atoms with Gasteiger partial charge in [-0.15, -0.1) is 0 Å². The van der Waals surface area contributed by atoms with Crippen molar-refractivity contribution in [1.82, 2.24) is 15.1 Å². The second-order valence-corrected chi connectivity index (χ2v) is 10.2. The second kappa shape index (κ2) is 11.4. The van der Waals surface area contributed by atoms with Crippen molar-refractivity contribution in [2.24, 2.45) is 0 Å². The fourth-order valence-electron chi connectivity index (χ4n) is 4.30. The zero-order valence-corrected chi connectivity index (χ0v) is 22.5. The third-order valence-corrected chi connectivity index (χ3v) is 8.04. The molecular weight excluding hydrogens is 580 g/mol. The maximum atomic E-state index is 13.1. The first-order chi connectivity index (χ1) is 17.3. The van der Waals surface area contributed by atoms with Gasteiger partial charge in [0.1, 0.15) is 6.04 Å². The van der Waals surface area contributed by atoms with Gasteiger partial charge in [0.15, 0.2) is 0 Å². The molecule has 0 radical (unpaired) electrons. The van der Waals surface area contributed by atoms with Crippen molar-refractivity contribution in [2.75, 3.05) is 25.0 Å². The molecule has 4 amide bonds. The smallest absolute Gasteiger partial charge is 0.329 e. The summed E-state index contributed by atoms with van der Waals surface area (Å²) >= 11 is 6.89. The number of fused-ring (bicyclic) bond motifs is 1. The number of ether oxygens (including phenoxy) is 1. The molecule has 0 bridgehead atoms. The van der Waals surface area contributed by atoms with E-state index < -0.39 is 24.6 Å². The summed E-state index contributed by atoms with van der Waals surface area (Å²) in [6.45, 7) is 1.84. The summed E-state index contributed by atoms with van der Waals surface area (Å²) in [6.07, 6.45) is 1.12. The average molecular weight is 609 g/mol. The highest BCUT2D eigenvalue weighted by atomic mass is 79.9. The van der Waals surface area contributed by atoms with Crippen LogP contribution in [0.2, 0.25) is 0 Å². The number of piperidine rings is 1. The summed E-state index contributed by atoms with van der Waals surface area (Å²) in [7, 11) is 0.